The third-order valence-electron chi connectivity index (χ3n) is 11.7. The number of halogens is 4. The van der Waals surface area contributed by atoms with Crippen LogP contribution in [0.1, 0.15) is 58.2 Å². The summed E-state index contributed by atoms with van der Waals surface area (Å²) in [5.41, 5.74) is -0.670. The zero-order valence-corrected chi connectivity index (χ0v) is 48.2. The topological polar surface area (TPSA) is 341 Å². The lowest BCUT2D eigenvalue weighted by molar-refractivity contribution is -0.195. The van der Waals surface area contributed by atoms with Gasteiger partial charge in [-0.2, -0.15) is 30.1 Å². The molecule has 0 saturated carbocycles. The Bertz CT molecular complexity index is 3500. The molecule has 3 aliphatic rings. The van der Waals surface area contributed by atoms with Crippen molar-refractivity contribution in [2.75, 3.05) is 39.8 Å². The summed E-state index contributed by atoms with van der Waals surface area (Å²) in [7, 11) is -16.6. The minimum absolute atomic E-state index is 0.0268. The number of hydrogen-bond donors (Lipinski definition) is 6. The van der Waals surface area contributed by atoms with Crippen LogP contribution in [-0.2, 0) is 65.4 Å². The van der Waals surface area contributed by atoms with Gasteiger partial charge in [-0.15, -0.1) is 0 Å². The van der Waals surface area contributed by atoms with Crippen molar-refractivity contribution in [3.63, 3.8) is 0 Å². The lowest BCUT2D eigenvalue weighted by Gasteiger charge is -2.26. The van der Waals surface area contributed by atoms with E-state index >= 15 is 0 Å². The van der Waals surface area contributed by atoms with E-state index in [1.807, 2.05) is 30.3 Å². The third kappa shape index (κ3) is 14.6. The first kappa shape index (κ1) is 59.4. The molecule has 3 saturated heterocycles. The van der Waals surface area contributed by atoms with Crippen LogP contribution in [0.25, 0.3) is 22.1 Å². The molecular formula is C44H54Cl4N10O15P2S2. The number of sulfone groups is 2. The van der Waals surface area contributed by atoms with Crippen LogP contribution in [0, 0.1) is 0 Å². The Hall–Kier alpha value is -3.70. The van der Waals surface area contributed by atoms with Gasteiger partial charge in [0.1, 0.15) is 53.8 Å². The summed E-state index contributed by atoms with van der Waals surface area (Å²) in [6.07, 6.45) is -6.47. The maximum atomic E-state index is 13.2. The molecule has 9 atom stereocenters. The summed E-state index contributed by atoms with van der Waals surface area (Å²) >= 11 is 24.9. The van der Waals surface area contributed by atoms with E-state index in [1.54, 1.807) is 59.0 Å². The largest absolute Gasteiger partial charge is 0.387 e. The number of nitrogens with zero attached hydrogens (tertiary/aromatic N) is 8. The van der Waals surface area contributed by atoms with Crippen LogP contribution in [0.2, 0.25) is 20.6 Å². The van der Waals surface area contributed by atoms with Crippen LogP contribution < -0.4 is 10.6 Å². The van der Waals surface area contributed by atoms with E-state index < -0.39 is 118 Å². The van der Waals surface area contributed by atoms with Gasteiger partial charge < -0.3 is 54.1 Å². The number of hydrogen-bond acceptors (Lipinski definition) is 21. The fourth-order valence-electron chi connectivity index (χ4n) is 8.97. The molecule has 1 unspecified atom stereocenters. The van der Waals surface area contributed by atoms with Crippen molar-refractivity contribution in [3.8, 4) is 0 Å². The Labute approximate surface area is 461 Å². The molecular weight excluding hydrogens is 1180 g/mol. The zero-order valence-electron chi connectivity index (χ0n) is 41.7. The SMILES string of the molecule is CC(C)(C)OP(C)(=O)CS(=O)(=O)C[C@H]1O[C@@H](n2ncc3c(NCc4ccccc4Cl)nc(Cl)nc32)[C@@H]2OC(C)(C)O[C@@H]21.O=P(O)(O)CS(=O)(=O)C[C@H]1O[C@@H](n2ncc3c(NCc4ccccc4Cl)nc(Cl)nc32)[C@H](O)[C@@H]1O. The molecule has 0 radical (unpaired) electrons. The first-order valence-corrected chi connectivity index (χ1v) is 32.5. The fraction of sp³-hybridized carbons (Fsp3) is 0.500. The summed E-state index contributed by atoms with van der Waals surface area (Å²) in [5.74, 6) is -1.64. The van der Waals surface area contributed by atoms with Crippen molar-refractivity contribution in [2.45, 2.75) is 108 Å². The predicted octanol–water partition coefficient (Wildman–Crippen LogP) is 6.17. The third-order valence-corrected chi connectivity index (χ3v) is 21.8. The van der Waals surface area contributed by atoms with E-state index in [2.05, 4.69) is 40.8 Å². The van der Waals surface area contributed by atoms with Gasteiger partial charge >= 0.3 is 7.60 Å². The minimum Gasteiger partial charge on any atom is -0.387 e. The fourth-order valence-corrected chi connectivity index (χ4v) is 18.4. The van der Waals surface area contributed by atoms with Crippen molar-refractivity contribution >= 4 is 115 Å². The van der Waals surface area contributed by atoms with Crippen molar-refractivity contribution in [3.05, 3.63) is 92.7 Å². The van der Waals surface area contributed by atoms with E-state index in [-0.39, 0.29) is 16.2 Å². The molecule has 2 aromatic carbocycles. The van der Waals surface area contributed by atoms with Crippen molar-refractivity contribution in [2.24, 2.45) is 0 Å². The lowest BCUT2D eigenvalue weighted by Crippen LogP contribution is -2.36. The summed E-state index contributed by atoms with van der Waals surface area (Å²) < 4.78 is 107. The molecule has 0 amide bonds. The molecule has 6 aromatic rings. The van der Waals surface area contributed by atoms with Gasteiger partial charge in [-0.05, 0) is 81.1 Å². The molecule has 0 spiro atoms. The predicted molar refractivity (Wildman–Crippen MR) is 286 cm³/mol. The Morgan fingerprint density at radius 1 is 0.688 bits per heavy atom. The number of anilines is 2. The van der Waals surface area contributed by atoms with Crippen molar-refractivity contribution < 1.29 is 69.4 Å². The summed E-state index contributed by atoms with van der Waals surface area (Å²) in [6.45, 7) is 10.6. The van der Waals surface area contributed by atoms with Gasteiger partial charge in [-0.3, -0.25) is 9.13 Å². The molecule has 3 fully saturated rings. The number of benzene rings is 2. The number of aliphatic hydroxyl groups excluding tert-OH is 2. The second kappa shape index (κ2) is 22.7. The molecule has 77 heavy (non-hydrogen) atoms. The van der Waals surface area contributed by atoms with Gasteiger partial charge in [0.05, 0.1) is 40.3 Å². The smallest absolute Gasteiger partial charge is 0.340 e. The van der Waals surface area contributed by atoms with Gasteiger partial charge in [-0.25, -0.2) is 26.2 Å². The first-order chi connectivity index (χ1) is 35.8. The maximum Gasteiger partial charge on any atom is 0.340 e. The Morgan fingerprint density at radius 2 is 1.14 bits per heavy atom. The van der Waals surface area contributed by atoms with E-state index in [0.717, 1.165) is 15.8 Å². The molecule has 0 bridgehead atoms. The number of fused-ring (bicyclic) bond motifs is 3. The van der Waals surface area contributed by atoms with Crippen molar-refractivity contribution in [1.29, 1.82) is 0 Å². The molecule has 3 aliphatic heterocycles. The van der Waals surface area contributed by atoms with Crippen LogP contribution in [0.4, 0.5) is 11.6 Å². The molecule has 0 aliphatic carbocycles. The number of ether oxygens (including phenoxy) is 4. The lowest BCUT2D eigenvalue weighted by atomic mass is 10.1. The van der Waals surface area contributed by atoms with E-state index in [9.17, 15) is 36.2 Å². The standard InChI is InChI=1S/C26H34Cl2N5O7PS.C18H20Cl2N5O8PS/c1-25(2,3)40-41(6,34)14-42(35,36)13-18-19-20(39-26(4,5)38-19)23(37-18)33-22-16(12-30-33)21(31-24(28)32-22)29-11-15-9-7-8-10-17(15)27;19-11-4-2-1-3-9(11)5-21-15-10-6-22-25(16(10)24-18(20)23-15)17-14(27)13(26)12(33-17)7-35(31,32)8-34(28,29)30/h7-10,12,18-20,23H,11,13-14H2,1-6H3,(H,29,31,32);1-4,6,12-14,17,26-27H,5,7-8H2,(H,21,23,24)(H2,28,29,30)/t18-,19-,20-,23-,41?;12-,13-,14-,17-/m11/s1. The van der Waals surface area contributed by atoms with Gasteiger partial charge in [0, 0.05) is 29.8 Å². The van der Waals surface area contributed by atoms with Crippen LogP contribution in [-0.4, -0.2) is 154 Å². The molecule has 6 N–H and O–H groups in total. The van der Waals surface area contributed by atoms with E-state index in [4.69, 9.17) is 79.7 Å². The minimum atomic E-state index is -4.87. The highest BCUT2D eigenvalue weighted by atomic mass is 35.5. The first-order valence-electron chi connectivity index (χ1n) is 23.3. The number of aliphatic hydroxyl groups is 2. The second-order valence-corrected chi connectivity index (χ2v) is 30.6. The number of rotatable bonds is 17. The molecule has 4 aromatic heterocycles. The monoisotopic (exact) mass is 1230 g/mol. The zero-order chi connectivity index (χ0) is 56.2. The van der Waals surface area contributed by atoms with Crippen LogP contribution in [0.15, 0.2) is 60.9 Å². The molecule has 9 rings (SSSR count). The highest BCUT2D eigenvalue weighted by Crippen LogP contribution is 2.49. The van der Waals surface area contributed by atoms with Crippen LogP contribution >= 0.6 is 61.4 Å². The Morgan fingerprint density at radius 3 is 1.64 bits per heavy atom. The van der Waals surface area contributed by atoms with E-state index in [0.29, 0.717) is 51.2 Å². The van der Waals surface area contributed by atoms with Gasteiger partial charge in [-0.1, -0.05) is 59.6 Å². The van der Waals surface area contributed by atoms with Crippen LogP contribution in [0.3, 0.4) is 0 Å². The van der Waals surface area contributed by atoms with Crippen molar-refractivity contribution in [1.82, 2.24) is 39.5 Å². The number of aromatic nitrogens is 8. The number of nitrogens with one attached hydrogen (secondary N) is 2. The molecule has 33 heteroatoms. The maximum absolute atomic E-state index is 13.2. The molecule has 25 nitrogen and oxygen atoms in total. The van der Waals surface area contributed by atoms with E-state index in [1.165, 1.54) is 17.5 Å². The van der Waals surface area contributed by atoms with Gasteiger partial charge in [0.2, 0.25) is 17.9 Å². The molecule has 7 heterocycles. The normalized spacial score (nSPS) is 24.4. The average molecular weight is 1230 g/mol. The van der Waals surface area contributed by atoms with Gasteiger partial charge in [0.25, 0.3) is 0 Å². The Kier molecular flexibility index (Phi) is 17.5. The summed E-state index contributed by atoms with van der Waals surface area (Å²) in [6, 6.07) is 14.6. The van der Waals surface area contributed by atoms with Crippen LogP contribution in [0.5, 0.6) is 0 Å². The highest BCUT2D eigenvalue weighted by molar-refractivity contribution is 7.98. The van der Waals surface area contributed by atoms with Gasteiger partial charge in [0.15, 0.2) is 54.7 Å². The molecule has 420 valence electrons. The average Bonchev–Trinajstić information content (AvgIpc) is 4.18. The summed E-state index contributed by atoms with van der Waals surface area (Å²) in [4.78, 5) is 34.9. The quantitative estimate of drug-likeness (QED) is 0.0439. The Balaban J connectivity index is 0.000000207. The highest BCUT2D eigenvalue weighted by Gasteiger charge is 2.57. The second-order valence-electron chi connectivity index (χ2n) is 19.9. The summed E-state index contributed by atoms with van der Waals surface area (Å²) in [5, 5.41) is 37.8.